The Kier molecular flexibility index (Phi) is 5.37. The van der Waals surface area contributed by atoms with Crippen molar-refractivity contribution in [2.24, 2.45) is 0 Å². The number of amides is 1. The zero-order chi connectivity index (χ0) is 17.6. The molecule has 25 heavy (non-hydrogen) atoms. The Morgan fingerprint density at radius 2 is 2.08 bits per heavy atom. The van der Waals surface area contributed by atoms with Crippen molar-refractivity contribution >= 4 is 11.9 Å². The number of hydrogen-bond acceptors (Lipinski definition) is 5. The first-order valence-corrected chi connectivity index (χ1v) is 8.53. The van der Waals surface area contributed by atoms with E-state index in [1.54, 1.807) is 0 Å². The van der Waals surface area contributed by atoms with Crippen LogP contribution in [0.25, 0.3) is 0 Å². The van der Waals surface area contributed by atoms with Crippen molar-refractivity contribution in [1.29, 1.82) is 0 Å². The number of rotatable bonds is 6. The van der Waals surface area contributed by atoms with Crippen LogP contribution in [0.4, 0.5) is 0 Å². The summed E-state index contributed by atoms with van der Waals surface area (Å²) in [5.41, 5.74) is 0.269. The fourth-order valence-corrected chi connectivity index (χ4v) is 2.94. The molecule has 3 rings (SSSR count). The van der Waals surface area contributed by atoms with Crippen molar-refractivity contribution in [2.45, 2.75) is 45.1 Å². The molecular weight excluding hydrogens is 322 g/mol. The normalized spacial score (nSPS) is 13.8. The summed E-state index contributed by atoms with van der Waals surface area (Å²) in [7, 11) is 0. The van der Waals surface area contributed by atoms with Crippen LogP contribution in [-0.2, 0) is 19.4 Å². The van der Waals surface area contributed by atoms with E-state index < -0.39 is 5.97 Å². The van der Waals surface area contributed by atoms with Gasteiger partial charge in [0.25, 0.3) is 5.91 Å². The van der Waals surface area contributed by atoms with Gasteiger partial charge in [0, 0.05) is 32.1 Å². The van der Waals surface area contributed by atoms with Crippen LogP contribution >= 0.6 is 0 Å². The second-order valence-electron chi connectivity index (χ2n) is 6.09. The monoisotopic (exact) mass is 343 g/mol. The molecule has 3 heterocycles. The molecule has 0 bridgehead atoms. The molecule has 0 saturated heterocycles. The van der Waals surface area contributed by atoms with E-state index >= 15 is 0 Å². The van der Waals surface area contributed by atoms with Gasteiger partial charge in [-0.1, -0.05) is 6.42 Å². The Morgan fingerprint density at radius 1 is 1.20 bits per heavy atom. The third-order valence-corrected chi connectivity index (χ3v) is 4.29. The molecule has 0 radical (unpaired) electrons. The number of aromatic nitrogens is 4. The molecule has 1 aliphatic heterocycles. The first-order valence-electron chi connectivity index (χ1n) is 8.53. The Morgan fingerprint density at radius 3 is 2.84 bits per heavy atom. The largest absolute Gasteiger partial charge is 0.477 e. The molecule has 0 spiro atoms. The first-order chi connectivity index (χ1) is 12.1. The van der Waals surface area contributed by atoms with Crippen LogP contribution in [0.2, 0.25) is 0 Å². The van der Waals surface area contributed by atoms with E-state index in [0.29, 0.717) is 12.1 Å². The van der Waals surface area contributed by atoms with E-state index in [9.17, 15) is 9.59 Å². The third kappa shape index (κ3) is 4.20. The van der Waals surface area contributed by atoms with Gasteiger partial charge in [-0.2, -0.15) is 0 Å². The number of nitrogens with zero attached hydrogens (tertiary/aromatic N) is 4. The van der Waals surface area contributed by atoms with Gasteiger partial charge in [0.1, 0.15) is 17.3 Å². The molecule has 0 aromatic carbocycles. The molecule has 8 nitrogen and oxygen atoms in total. The minimum atomic E-state index is -1.11. The number of carboxylic acid groups (broad SMARTS) is 1. The van der Waals surface area contributed by atoms with E-state index in [1.807, 2.05) is 0 Å². The second-order valence-corrected chi connectivity index (χ2v) is 6.09. The first kappa shape index (κ1) is 17.1. The molecular formula is C17H21N5O3. The number of pyridine rings is 1. The molecule has 0 unspecified atom stereocenters. The smallest absolute Gasteiger partial charge is 0.354 e. The Labute approximate surface area is 145 Å². The number of carbonyl (C=O) groups excluding carboxylic acids is 1. The molecule has 132 valence electrons. The Bertz CT molecular complexity index is 754. The molecule has 0 fully saturated rings. The number of carbonyl (C=O) groups is 2. The standard InChI is InChI=1S/C17H21N5O3/c23-16(12-7-8-13(17(24)25)19-11-12)18-9-4-6-15-21-20-14-5-2-1-3-10-22(14)15/h7-8,11H,1-6,9-10H2,(H,18,23)(H,24,25). The molecule has 2 N–H and O–H groups in total. The minimum absolute atomic E-state index is 0.0796. The van der Waals surface area contributed by atoms with Crippen LogP contribution in [0.1, 0.15) is 58.2 Å². The van der Waals surface area contributed by atoms with Gasteiger partial charge in [-0.15, -0.1) is 10.2 Å². The van der Waals surface area contributed by atoms with Crippen LogP contribution in [0, 0.1) is 0 Å². The number of fused-ring (bicyclic) bond motifs is 1. The summed E-state index contributed by atoms with van der Waals surface area (Å²) in [5.74, 6) is 0.684. The lowest BCUT2D eigenvalue weighted by molar-refractivity contribution is 0.0689. The van der Waals surface area contributed by atoms with Crippen LogP contribution in [-0.4, -0.2) is 43.3 Å². The molecule has 2 aromatic rings. The van der Waals surface area contributed by atoms with E-state index in [2.05, 4.69) is 25.1 Å². The number of hydrogen-bond donors (Lipinski definition) is 2. The number of aryl methyl sites for hydroxylation is 2. The van der Waals surface area contributed by atoms with Crippen LogP contribution < -0.4 is 5.32 Å². The summed E-state index contributed by atoms with van der Waals surface area (Å²) in [5, 5.41) is 20.2. The average Bonchev–Trinajstić information content (AvgIpc) is 2.85. The van der Waals surface area contributed by atoms with Gasteiger partial charge in [-0.25, -0.2) is 9.78 Å². The zero-order valence-corrected chi connectivity index (χ0v) is 13.9. The fourth-order valence-electron chi connectivity index (χ4n) is 2.94. The lowest BCUT2D eigenvalue weighted by Crippen LogP contribution is -2.25. The highest BCUT2D eigenvalue weighted by atomic mass is 16.4. The van der Waals surface area contributed by atoms with Crippen molar-refractivity contribution in [3.63, 3.8) is 0 Å². The molecule has 0 aliphatic carbocycles. The second kappa shape index (κ2) is 7.87. The number of aromatic carboxylic acids is 1. The van der Waals surface area contributed by atoms with E-state index in [-0.39, 0.29) is 11.6 Å². The maximum Gasteiger partial charge on any atom is 0.354 e. The average molecular weight is 343 g/mol. The fraction of sp³-hybridized carbons (Fsp3) is 0.471. The van der Waals surface area contributed by atoms with Crippen molar-refractivity contribution < 1.29 is 14.7 Å². The van der Waals surface area contributed by atoms with Gasteiger partial charge >= 0.3 is 5.97 Å². The maximum absolute atomic E-state index is 12.0. The molecule has 2 aromatic heterocycles. The topological polar surface area (TPSA) is 110 Å². The summed E-state index contributed by atoms with van der Waals surface area (Å²) in [4.78, 5) is 26.5. The maximum atomic E-state index is 12.0. The highest BCUT2D eigenvalue weighted by molar-refractivity contribution is 5.94. The van der Waals surface area contributed by atoms with E-state index in [1.165, 1.54) is 31.2 Å². The highest BCUT2D eigenvalue weighted by Gasteiger charge is 2.14. The van der Waals surface area contributed by atoms with Crippen LogP contribution in [0.3, 0.4) is 0 Å². The molecule has 1 aliphatic rings. The van der Waals surface area contributed by atoms with Gasteiger partial charge in [0.2, 0.25) is 0 Å². The molecule has 0 saturated carbocycles. The van der Waals surface area contributed by atoms with Gasteiger partial charge in [0.05, 0.1) is 5.56 Å². The lowest BCUT2D eigenvalue weighted by Gasteiger charge is -2.08. The third-order valence-electron chi connectivity index (χ3n) is 4.29. The van der Waals surface area contributed by atoms with Crippen molar-refractivity contribution in [1.82, 2.24) is 25.1 Å². The minimum Gasteiger partial charge on any atom is -0.477 e. The summed E-state index contributed by atoms with van der Waals surface area (Å²) < 4.78 is 2.21. The van der Waals surface area contributed by atoms with Crippen LogP contribution in [0.15, 0.2) is 18.3 Å². The van der Waals surface area contributed by atoms with Gasteiger partial charge in [0.15, 0.2) is 0 Å². The van der Waals surface area contributed by atoms with Gasteiger partial charge in [-0.3, -0.25) is 4.79 Å². The zero-order valence-electron chi connectivity index (χ0n) is 13.9. The van der Waals surface area contributed by atoms with Gasteiger partial charge in [-0.05, 0) is 31.4 Å². The predicted molar refractivity (Wildman–Crippen MR) is 89.4 cm³/mol. The summed E-state index contributed by atoms with van der Waals surface area (Å²) in [6.45, 7) is 1.49. The van der Waals surface area contributed by atoms with E-state index in [4.69, 9.17) is 5.11 Å². The van der Waals surface area contributed by atoms with Crippen molar-refractivity contribution in [2.75, 3.05) is 6.54 Å². The quantitative estimate of drug-likeness (QED) is 0.768. The molecule has 8 heteroatoms. The van der Waals surface area contributed by atoms with Crippen molar-refractivity contribution in [3.05, 3.63) is 41.2 Å². The summed E-state index contributed by atoms with van der Waals surface area (Å²) in [6.07, 6.45) is 7.36. The molecule has 1 amide bonds. The summed E-state index contributed by atoms with van der Waals surface area (Å²) in [6, 6.07) is 2.78. The predicted octanol–water partition coefficient (Wildman–Crippen LogP) is 1.46. The Hall–Kier alpha value is -2.77. The van der Waals surface area contributed by atoms with Crippen LogP contribution in [0.5, 0.6) is 0 Å². The SMILES string of the molecule is O=C(NCCCc1nnc2n1CCCCC2)c1ccc(C(=O)O)nc1. The number of nitrogens with one attached hydrogen (secondary N) is 1. The van der Waals surface area contributed by atoms with E-state index in [0.717, 1.165) is 43.9 Å². The Balaban J connectivity index is 1.47. The van der Waals surface area contributed by atoms with Crippen molar-refractivity contribution in [3.8, 4) is 0 Å². The molecule has 0 atom stereocenters. The summed E-state index contributed by atoms with van der Waals surface area (Å²) >= 11 is 0. The van der Waals surface area contributed by atoms with Gasteiger partial charge < -0.3 is 15.0 Å². The lowest BCUT2D eigenvalue weighted by atomic mass is 10.2. The number of carboxylic acids is 1. The highest BCUT2D eigenvalue weighted by Crippen LogP contribution is 2.15.